The van der Waals surface area contributed by atoms with Crippen LogP contribution in [0.4, 0.5) is 10.5 Å². The molecule has 2 amide bonds. The largest absolute Gasteiger partial charge is 0.383 e. The molecule has 3 rings (SSSR count). The minimum Gasteiger partial charge on any atom is -0.383 e. The van der Waals surface area contributed by atoms with Gasteiger partial charge in [0.25, 0.3) is 0 Å². The maximum atomic E-state index is 12.3. The lowest BCUT2D eigenvalue weighted by Gasteiger charge is -2.10. The Morgan fingerprint density at radius 3 is 2.06 bits per heavy atom. The SMILES string of the molecule is CS(=O)(=O)Oc1ccc(/C(=N\NC(=O)Nc2ccccc2Cl)c2ccc(Cl)cc2)cc1. The topological polar surface area (TPSA) is 96.9 Å². The van der Waals surface area contributed by atoms with E-state index in [-0.39, 0.29) is 5.75 Å². The molecule has 0 spiro atoms. The Morgan fingerprint density at radius 2 is 1.48 bits per heavy atom. The highest BCUT2D eigenvalue weighted by Gasteiger charge is 2.11. The van der Waals surface area contributed by atoms with Crippen molar-refractivity contribution in [3.63, 3.8) is 0 Å². The van der Waals surface area contributed by atoms with Gasteiger partial charge in [-0.25, -0.2) is 10.2 Å². The van der Waals surface area contributed by atoms with Gasteiger partial charge in [0.2, 0.25) is 0 Å². The molecule has 0 unspecified atom stereocenters. The van der Waals surface area contributed by atoms with E-state index in [2.05, 4.69) is 15.8 Å². The van der Waals surface area contributed by atoms with E-state index in [1.807, 2.05) is 0 Å². The summed E-state index contributed by atoms with van der Waals surface area (Å²) in [7, 11) is -3.64. The van der Waals surface area contributed by atoms with Crippen LogP contribution in [0.2, 0.25) is 10.0 Å². The zero-order chi connectivity index (χ0) is 22.4. The summed E-state index contributed by atoms with van der Waals surface area (Å²) < 4.78 is 27.5. The second-order valence-corrected chi connectivity index (χ2v) is 8.74. The third-order valence-electron chi connectivity index (χ3n) is 3.88. The van der Waals surface area contributed by atoms with E-state index in [9.17, 15) is 13.2 Å². The minimum atomic E-state index is -3.64. The van der Waals surface area contributed by atoms with E-state index in [1.54, 1.807) is 60.7 Å². The number of carbonyl (C=O) groups is 1. The molecule has 3 aromatic carbocycles. The van der Waals surface area contributed by atoms with Crippen molar-refractivity contribution < 1.29 is 17.4 Å². The first kappa shape index (κ1) is 22.6. The number of hydrogen-bond acceptors (Lipinski definition) is 5. The number of halogens is 2. The molecule has 160 valence electrons. The van der Waals surface area contributed by atoms with Crippen LogP contribution in [-0.4, -0.2) is 26.4 Å². The number of amides is 2. The van der Waals surface area contributed by atoms with Gasteiger partial charge in [0, 0.05) is 16.1 Å². The summed E-state index contributed by atoms with van der Waals surface area (Å²) in [6, 6.07) is 19.3. The first-order valence-electron chi connectivity index (χ1n) is 8.86. The number of benzene rings is 3. The summed E-state index contributed by atoms with van der Waals surface area (Å²) in [4.78, 5) is 12.3. The summed E-state index contributed by atoms with van der Waals surface area (Å²) in [5, 5.41) is 7.78. The molecule has 31 heavy (non-hydrogen) atoms. The zero-order valence-electron chi connectivity index (χ0n) is 16.2. The summed E-state index contributed by atoms with van der Waals surface area (Å²) >= 11 is 12.0. The predicted octanol–water partition coefficient (Wildman–Crippen LogP) is 4.91. The maximum Gasteiger partial charge on any atom is 0.339 e. The van der Waals surface area contributed by atoms with Crippen LogP contribution >= 0.6 is 23.2 Å². The van der Waals surface area contributed by atoms with Crippen molar-refractivity contribution in [2.75, 3.05) is 11.6 Å². The molecule has 0 radical (unpaired) electrons. The molecule has 0 saturated heterocycles. The van der Waals surface area contributed by atoms with E-state index in [1.165, 1.54) is 12.1 Å². The number of carbonyl (C=O) groups excluding carboxylic acids is 1. The Balaban J connectivity index is 1.87. The number of nitrogens with one attached hydrogen (secondary N) is 2. The summed E-state index contributed by atoms with van der Waals surface area (Å²) in [5.74, 6) is 0.158. The molecule has 0 aromatic heterocycles. The average Bonchev–Trinajstić information content (AvgIpc) is 2.71. The van der Waals surface area contributed by atoms with Crippen LogP contribution in [0.25, 0.3) is 0 Å². The van der Waals surface area contributed by atoms with Crippen molar-refractivity contribution in [1.82, 2.24) is 5.43 Å². The number of para-hydroxylation sites is 1. The zero-order valence-corrected chi connectivity index (χ0v) is 18.5. The Bertz CT molecular complexity index is 1210. The highest BCUT2D eigenvalue weighted by molar-refractivity contribution is 7.86. The molecule has 0 saturated carbocycles. The van der Waals surface area contributed by atoms with Crippen molar-refractivity contribution >= 4 is 50.8 Å². The molecular formula is C21H17Cl2N3O4S. The van der Waals surface area contributed by atoms with Gasteiger partial charge in [-0.2, -0.15) is 13.5 Å². The first-order valence-corrected chi connectivity index (χ1v) is 11.4. The second-order valence-electron chi connectivity index (χ2n) is 6.32. The highest BCUT2D eigenvalue weighted by atomic mass is 35.5. The molecule has 7 nitrogen and oxygen atoms in total. The van der Waals surface area contributed by atoms with Crippen LogP contribution in [0.1, 0.15) is 11.1 Å². The van der Waals surface area contributed by atoms with Crippen molar-refractivity contribution in [3.8, 4) is 5.75 Å². The number of rotatable bonds is 6. The average molecular weight is 478 g/mol. The monoisotopic (exact) mass is 477 g/mol. The van der Waals surface area contributed by atoms with E-state index in [0.717, 1.165) is 6.26 Å². The Kier molecular flexibility index (Phi) is 7.17. The van der Waals surface area contributed by atoms with E-state index < -0.39 is 16.1 Å². The van der Waals surface area contributed by atoms with Gasteiger partial charge < -0.3 is 9.50 Å². The van der Waals surface area contributed by atoms with Crippen LogP contribution in [-0.2, 0) is 10.1 Å². The van der Waals surface area contributed by atoms with Crippen LogP contribution < -0.4 is 14.9 Å². The number of urea groups is 1. The van der Waals surface area contributed by atoms with Gasteiger partial charge in [-0.15, -0.1) is 0 Å². The lowest BCUT2D eigenvalue weighted by Crippen LogP contribution is -2.26. The van der Waals surface area contributed by atoms with Crippen LogP contribution in [0.15, 0.2) is 77.9 Å². The van der Waals surface area contributed by atoms with Crippen molar-refractivity contribution in [1.29, 1.82) is 0 Å². The Morgan fingerprint density at radius 1 is 0.903 bits per heavy atom. The van der Waals surface area contributed by atoms with Crippen molar-refractivity contribution in [2.45, 2.75) is 0 Å². The molecule has 10 heteroatoms. The van der Waals surface area contributed by atoms with E-state index in [0.29, 0.717) is 32.6 Å². The predicted molar refractivity (Wildman–Crippen MR) is 123 cm³/mol. The summed E-state index contributed by atoms with van der Waals surface area (Å²) in [6.07, 6.45) is 0.961. The Hall–Kier alpha value is -3.07. The molecular weight excluding hydrogens is 461 g/mol. The molecule has 0 atom stereocenters. The lowest BCUT2D eigenvalue weighted by molar-refractivity contribution is 0.252. The first-order chi connectivity index (χ1) is 14.7. The molecule has 0 fully saturated rings. The van der Waals surface area contributed by atoms with Gasteiger partial charge in [-0.3, -0.25) is 0 Å². The van der Waals surface area contributed by atoms with E-state index >= 15 is 0 Å². The van der Waals surface area contributed by atoms with Gasteiger partial charge in [-0.05, 0) is 48.5 Å². The van der Waals surface area contributed by atoms with Crippen LogP contribution in [0.3, 0.4) is 0 Å². The number of hydrogen-bond donors (Lipinski definition) is 2. The second kappa shape index (κ2) is 9.82. The number of hydrazone groups is 1. The molecule has 2 N–H and O–H groups in total. The van der Waals surface area contributed by atoms with Crippen molar-refractivity contribution in [2.24, 2.45) is 5.10 Å². The van der Waals surface area contributed by atoms with Gasteiger partial charge in [0.1, 0.15) is 5.75 Å². The molecule has 0 aliphatic rings. The molecule has 3 aromatic rings. The van der Waals surface area contributed by atoms with Crippen LogP contribution in [0.5, 0.6) is 5.75 Å². The standard InChI is InChI=1S/C21H17Cl2N3O4S/c1-31(28,29)30-17-12-8-15(9-13-17)20(14-6-10-16(22)11-7-14)25-26-21(27)24-19-5-3-2-4-18(19)23/h2-13H,1H3,(H2,24,26,27)/b25-20-. The Labute approximate surface area is 189 Å². The molecule has 0 aliphatic carbocycles. The molecule has 0 bridgehead atoms. The van der Waals surface area contributed by atoms with Gasteiger partial charge in [-0.1, -0.05) is 47.5 Å². The normalized spacial score (nSPS) is 11.6. The number of nitrogens with zero attached hydrogens (tertiary/aromatic N) is 1. The smallest absolute Gasteiger partial charge is 0.339 e. The summed E-state index contributed by atoms with van der Waals surface area (Å²) in [6.45, 7) is 0. The maximum absolute atomic E-state index is 12.3. The fraction of sp³-hybridized carbons (Fsp3) is 0.0476. The van der Waals surface area contributed by atoms with Gasteiger partial charge >= 0.3 is 16.1 Å². The quantitative estimate of drug-likeness (QED) is 0.299. The van der Waals surface area contributed by atoms with Crippen LogP contribution in [0, 0.1) is 0 Å². The number of anilines is 1. The fourth-order valence-electron chi connectivity index (χ4n) is 2.57. The third kappa shape index (κ3) is 6.71. The van der Waals surface area contributed by atoms with E-state index in [4.69, 9.17) is 27.4 Å². The lowest BCUT2D eigenvalue weighted by atomic mass is 10.0. The fourth-order valence-corrected chi connectivity index (χ4v) is 3.34. The van der Waals surface area contributed by atoms with Gasteiger partial charge in [0.05, 0.1) is 22.7 Å². The third-order valence-corrected chi connectivity index (χ3v) is 4.96. The van der Waals surface area contributed by atoms with Crippen molar-refractivity contribution in [3.05, 3.63) is 94.0 Å². The minimum absolute atomic E-state index is 0.158. The van der Waals surface area contributed by atoms with Gasteiger partial charge in [0.15, 0.2) is 0 Å². The summed E-state index contributed by atoms with van der Waals surface area (Å²) in [5.41, 5.74) is 4.60. The molecule has 0 aliphatic heterocycles. The molecule has 0 heterocycles. The highest BCUT2D eigenvalue weighted by Crippen LogP contribution is 2.21.